The van der Waals surface area contributed by atoms with Crippen LogP contribution in [0, 0.1) is 5.82 Å². The molecule has 0 fully saturated rings. The van der Waals surface area contributed by atoms with Crippen LogP contribution in [-0.4, -0.2) is 17.2 Å². The molecule has 0 aliphatic carbocycles. The van der Waals surface area contributed by atoms with E-state index in [1.165, 1.54) is 12.1 Å². The van der Waals surface area contributed by atoms with Crippen LogP contribution in [0.5, 0.6) is 0 Å². The quantitative estimate of drug-likeness (QED) is 0.791. The van der Waals surface area contributed by atoms with Crippen molar-refractivity contribution in [2.45, 2.75) is 0 Å². The molecule has 5 heteroatoms. The highest BCUT2D eigenvalue weighted by Crippen LogP contribution is 2.17. The maximum atomic E-state index is 12.6. The van der Waals surface area contributed by atoms with Gasteiger partial charge >= 0.3 is 6.01 Å². The Morgan fingerprint density at radius 1 is 1.29 bits per heavy atom. The van der Waals surface area contributed by atoms with E-state index in [2.05, 4.69) is 15.5 Å². The third-order valence-electron chi connectivity index (χ3n) is 1.74. The fourth-order valence-electron chi connectivity index (χ4n) is 1.04. The molecule has 0 aliphatic heterocycles. The van der Waals surface area contributed by atoms with Gasteiger partial charge < -0.3 is 9.84 Å². The van der Waals surface area contributed by atoms with Crippen LogP contribution in [0.25, 0.3) is 11.4 Å². The van der Waals surface area contributed by atoms with Crippen molar-refractivity contribution >= 4 is 6.01 Å². The summed E-state index contributed by atoms with van der Waals surface area (Å²) in [5.74, 6) is 0.153. The Morgan fingerprint density at radius 3 is 2.57 bits per heavy atom. The molecule has 1 aromatic heterocycles. The Kier molecular flexibility index (Phi) is 2.14. The summed E-state index contributed by atoms with van der Waals surface area (Å²) in [7, 11) is 1.68. The Labute approximate surface area is 79.8 Å². The third kappa shape index (κ3) is 1.56. The molecule has 1 aromatic carbocycles. The Morgan fingerprint density at radius 2 is 2.00 bits per heavy atom. The minimum absolute atomic E-state index is 0.286. The first-order valence-corrected chi connectivity index (χ1v) is 4.07. The number of nitrogens with one attached hydrogen (secondary N) is 1. The molecule has 0 radical (unpaired) electrons. The van der Waals surface area contributed by atoms with Crippen molar-refractivity contribution in [1.82, 2.24) is 10.1 Å². The maximum absolute atomic E-state index is 12.6. The highest BCUT2D eigenvalue weighted by atomic mass is 19.1. The normalized spacial score (nSPS) is 10.1. The van der Waals surface area contributed by atoms with E-state index in [9.17, 15) is 4.39 Å². The van der Waals surface area contributed by atoms with Crippen molar-refractivity contribution in [2.24, 2.45) is 0 Å². The molecule has 0 spiro atoms. The van der Waals surface area contributed by atoms with E-state index >= 15 is 0 Å². The summed E-state index contributed by atoms with van der Waals surface area (Å²) in [5, 5.41) is 6.43. The summed E-state index contributed by atoms with van der Waals surface area (Å²) in [6, 6.07) is 6.23. The summed E-state index contributed by atoms with van der Waals surface area (Å²) in [6.07, 6.45) is 0. The molecule has 72 valence electrons. The lowest BCUT2D eigenvalue weighted by Gasteiger charge is -1.92. The summed E-state index contributed by atoms with van der Waals surface area (Å²) in [6.45, 7) is 0. The molecule has 0 unspecified atom stereocenters. The average Bonchev–Trinajstić information content (AvgIpc) is 2.67. The van der Waals surface area contributed by atoms with Crippen molar-refractivity contribution in [3.05, 3.63) is 30.1 Å². The van der Waals surface area contributed by atoms with Crippen LogP contribution in [0.2, 0.25) is 0 Å². The van der Waals surface area contributed by atoms with Gasteiger partial charge in [-0.3, -0.25) is 0 Å². The molecule has 0 saturated heterocycles. The maximum Gasteiger partial charge on any atom is 0.321 e. The van der Waals surface area contributed by atoms with Gasteiger partial charge in [-0.1, -0.05) is 5.16 Å². The lowest BCUT2D eigenvalue weighted by Crippen LogP contribution is -1.87. The molecule has 2 rings (SSSR count). The molecule has 0 bridgehead atoms. The van der Waals surface area contributed by atoms with Gasteiger partial charge in [-0.25, -0.2) is 4.39 Å². The predicted octanol–water partition coefficient (Wildman–Crippen LogP) is 1.92. The number of hydrogen-bond donors (Lipinski definition) is 1. The summed E-state index contributed by atoms with van der Waals surface area (Å²) >= 11 is 0. The molecule has 1 N–H and O–H groups in total. The third-order valence-corrected chi connectivity index (χ3v) is 1.74. The number of halogens is 1. The minimum Gasteiger partial charge on any atom is -0.341 e. The second kappa shape index (κ2) is 3.45. The highest BCUT2D eigenvalue weighted by Gasteiger charge is 2.06. The summed E-state index contributed by atoms with van der Waals surface area (Å²) < 4.78 is 17.4. The van der Waals surface area contributed by atoms with Gasteiger partial charge in [0.15, 0.2) is 0 Å². The second-order valence-electron chi connectivity index (χ2n) is 2.68. The van der Waals surface area contributed by atoms with E-state index in [1.807, 2.05) is 0 Å². The van der Waals surface area contributed by atoms with Crippen LogP contribution < -0.4 is 5.32 Å². The number of aromatic nitrogens is 2. The van der Waals surface area contributed by atoms with Crippen LogP contribution in [0.1, 0.15) is 0 Å². The van der Waals surface area contributed by atoms with E-state index < -0.39 is 0 Å². The molecule has 14 heavy (non-hydrogen) atoms. The summed E-state index contributed by atoms with van der Waals surface area (Å²) in [5.41, 5.74) is 0.719. The van der Waals surface area contributed by atoms with Gasteiger partial charge in [0.1, 0.15) is 5.82 Å². The van der Waals surface area contributed by atoms with Crippen LogP contribution in [0.4, 0.5) is 10.4 Å². The fraction of sp³-hybridized carbons (Fsp3) is 0.111. The molecular formula is C9H8FN3O. The monoisotopic (exact) mass is 193 g/mol. The lowest BCUT2D eigenvalue weighted by molar-refractivity contribution is 0.434. The van der Waals surface area contributed by atoms with Crippen molar-refractivity contribution in [2.75, 3.05) is 12.4 Å². The number of nitrogens with zero attached hydrogens (tertiary/aromatic N) is 2. The first-order valence-electron chi connectivity index (χ1n) is 4.07. The SMILES string of the molecule is CNc1nc(-c2ccc(F)cc2)no1. The molecule has 4 nitrogen and oxygen atoms in total. The molecule has 0 saturated carbocycles. The van der Waals surface area contributed by atoms with Gasteiger partial charge in [-0.05, 0) is 24.3 Å². The van der Waals surface area contributed by atoms with Gasteiger partial charge in [0.05, 0.1) is 0 Å². The van der Waals surface area contributed by atoms with Crippen LogP contribution in [0.15, 0.2) is 28.8 Å². The van der Waals surface area contributed by atoms with Crippen LogP contribution in [-0.2, 0) is 0 Å². The molecule has 2 aromatic rings. The number of benzene rings is 1. The predicted molar refractivity (Wildman–Crippen MR) is 49.2 cm³/mol. The second-order valence-corrected chi connectivity index (χ2v) is 2.68. The van der Waals surface area contributed by atoms with Crippen LogP contribution in [0.3, 0.4) is 0 Å². The minimum atomic E-state index is -0.286. The number of hydrogen-bond acceptors (Lipinski definition) is 4. The zero-order valence-corrected chi connectivity index (χ0v) is 7.49. The zero-order valence-electron chi connectivity index (χ0n) is 7.49. The number of rotatable bonds is 2. The Bertz CT molecular complexity index is 424. The molecule has 0 atom stereocenters. The van der Waals surface area contributed by atoms with E-state index in [4.69, 9.17) is 4.52 Å². The Balaban J connectivity index is 2.34. The Hall–Kier alpha value is -1.91. The zero-order chi connectivity index (χ0) is 9.97. The van der Waals surface area contributed by atoms with Crippen molar-refractivity contribution in [3.63, 3.8) is 0 Å². The molecule has 1 heterocycles. The molecule has 0 aliphatic rings. The van der Waals surface area contributed by atoms with Gasteiger partial charge in [0, 0.05) is 12.6 Å². The summed E-state index contributed by atoms with van der Waals surface area (Å²) in [4.78, 5) is 4.02. The standard InChI is InChI=1S/C9H8FN3O/c1-11-9-12-8(13-14-9)6-2-4-7(10)5-3-6/h2-5H,1H3,(H,11,12,13). The topological polar surface area (TPSA) is 51.0 Å². The van der Waals surface area contributed by atoms with E-state index in [0.29, 0.717) is 11.8 Å². The van der Waals surface area contributed by atoms with E-state index in [-0.39, 0.29) is 5.82 Å². The number of anilines is 1. The lowest BCUT2D eigenvalue weighted by atomic mass is 10.2. The first-order chi connectivity index (χ1) is 6.79. The van der Waals surface area contributed by atoms with Crippen molar-refractivity contribution in [1.29, 1.82) is 0 Å². The van der Waals surface area contributed by atoms with Gasteiger partial charge in [0.25, 0.3) is 0 Å². The first kappa shape index (κ1) is 8.68. The van der Waals surface area contributed by atoms with Gasteiger partial charge in [-0.2, -0.15) is 4.98 Å². The van der Waals surface area contributed by atoms with Gasteiger partial charge in [0.2, 0.25) is 5.82 Å². The van der Waals surface area contributed by atoms with Crippen molar-refractivity contribution < 1.29 is 8.91 Å². The largest absolute Gasteiger partial charge is 0.341 e. The highest BCUT2D eigenvalue weighted by molar-refractivity contribution is 5.54. The average molecular weight is 193 g/mol. The van der Waals surface area contributed by atoms with E-state index in [1.54, 1.807) is 19.2 Å². The van der Waals surface area contributed by atoms with Crippen LogP contribution >= 0.6 is 0 Å². The fourth-order valence-corrected chi connectivity index (χ4v) is 1.04. The molecule has 0 amide bonds. The van der Waals surface area contributed by atoms with Gasteiger partial charge in [-0.15, -0.1) is 0 Å². The van der Waals surface area contributed by atoms with E-state index in [0.717, 1.165) is 5.56 Å². The molecular weight excluding hydrogens is 185 g/mol. The van der Waals surface area contributed by atoms with Crippen molar-refractivity contribution in [3.8, 4) is 11.4 Å². The smallest absolute Gasteiger partial charge is 0.321 e.